The minimum absolute atomic E-state index is 0.414. The molecule has 37 heavy (non-hydrogen) atoms. The summed E-state index contributed by atoms with van der Waals surface area (Å²) in [5.41, 5.74) is 7.44. The molecule has 0 atom stereocenters. The van der Waals surface area contributed by atoms with Gasteiger partial charge in [-0.2, -0.15) is 0 Å². The fraction of sp³-hybridized carbons (Fsp3) is 0.531. The maximum atomic E-state index is 5.24. The van der Waals surface area contributed by atoms with E-state index in [4.69, 9.17) is 9.98 Å². The summed E-state index contributed by atoms with van der Waals surface area (Å²) in [5, 5.41) is 0. The molecule has 1 fully saturated rings. The Kier molecular flexibility index (Phi) is 9.94. The van der Waals surface area contributed by atoms with E-state index in [1.165, 1.54) is 22.3 Å². The van der Waals surface area contributed by atoms with Crippen LogP contribution in [0.1, 0.15) is 122 Å². The van der Waals surface area contributed by atoms with E-state index < -0.39 is 0 Å². The predicted molar refractivity (Wildman–Crippen MR) is 158 cm³/mol. The van der Waals surface area contributed by atoms with Gasteiger partial charge in [0, 0.05) is 0 Å². The van der Waals surface area contributed by atoms with E-state index >= 15 is 0 Å². The van der Waals surface area contributed by atoms with Crippen molar-refractivity contribution in [2.75, 3.05) is 13.1 Å². The number of rotatable bonds is 6. The van der Waals surface area contributed by atoms with E-state index in [0.29, 0.717) is 23.7 Å². The van der Waals surface area contributed by atoms with Crippen molar-refractivity contribution in [3.05, 3.63) is 58.7 Å². The molecule has 0 bridgehead atoms. The van der Waals surface area contributed by atoms with E-state index in [2.05, 4.69) is 131 Å². The van der Waals surface area contributed by atoms with Crippen molar-refractivity contribution in [1.29, 1.82) is 0 Å². The second-order valence-corrected chi connectivity index (χ2v) is 11.9. The molecule has 0 aromatic heterocycles. The second kappa shape index (κ2) is 12.5. The van der Waals surface area contributed by atoms with Gasteiger partial charge in [0.1, 0.15) is 0 Å². The predicted octanol–water partition coefficient (Wildman–Crippen LogP) is 8.62. The van der Waals surface area contributed by atoms with Crippen molar-refractivity contribution in [3.8, 4) is 0 Å². The Morgan fingerprint density at radius 1 is 0.622 bits per heavy atom. The van der Waals surface area contributed by atoms with E-state index in [0.717, 1.165) is 47.2 Å². The van der Waals surface area contributed by atoms with Gasteiger partial charge in [-0.25, -0.2) is 0 Å². The number of amidine groups is 2. The van der Waals surface area contributed by atoms with Gasteiger partial charge < -0.3 is 0 Å². The van der Waals surface area contributed by atoms with E-state index in [-0.39, 0.29) is 0 Å². The van der Waals surface area contributed by atoms with Crippen molar-refractivity contribution < 1.29 is 15.6 Å². The van der Waals surface area contributed by atoms with Crippen LogP contribution in [0.15, 0.2) is 46.4 Å². The first-order valence-electron chi connectivity index (χ1n) is 13.9. The molecule has 4 nitrogen and oxygen atoms in total. The standard InChI is InChI=1S/C32H46N4.Fe/c1-21(2)27-14-11-15-28(22(3)4)31(27)33-25(9)35-18-13-19-36(20-35)26(10)34-32-29(23(5)6)16-12-17-30(32)24(7)8;/h11-12,14-17,21-24H,13,18-19H2,1-10H3;. The quantitative estimate of drug-likeness (QED) is 0.208. The number of para-hydroxylation sites is 2. The monoisotopic (exact) mass is 542 g/mol. The number of aliphatic imine (C=N–C) groups is 2. The molecule has 0 amide bonds. The van der Waals surface area contributed by atoms with Crippen molar-refractivity contribution in [3.63, 3.8) is 0 Å². The van der Waals surface area contributed by atoms with Crippen LogP contribution in [0, 0.1) is 0 Å². The van der Waals surface area contributed by atoms with Crippen molar-refractivity contribution in [1.82, 2.24) is 9.80 Å². The Bertz CT molecular complexity index is 1030. The van der Waals surface area contributed by atoms with Crippen LogP contribution >= 0.6 is 0 Å². The molecule has 3 rings (SSSR count). The van der Waals surface area contributed by atoms with Gasteiger partial charge in [0.2, 0.25) is 0 Å². The Morgan fingerprint density at radius 2 is 0.919 bits per heavy atom. The minimum atomic E-state index is 0.414. The first kappa shape index (κ1) is 29.3. The molecule has 0 aliphatic carbocycles. The molecule has 1 saturated heterocycles. The molecule has 0 unspecified atom stereocenters. The molecule has 1 aliphatic rings. The van der Waals surface area contributed by atoms with Crippen LogP contribution in [0.25, 0.3) is 0 Å². The molecule has 1 heterocycles. The molecule has 2 aromatic carbocycles. The van der Waals surface area contributed by atoms with Crippen LogP contribution in [-0.4, -0.2) is 39.2 Å². The Morgan fingerprint density at radius 3 is 1.19 bits per heavy atom. The average Bonchev–Trinajstić information content (AvgIpc) is 2.83. The summed E-state index contributed by atoms with van der Waals surface area (Å²) >= 11 is 4.52. The molecule has 202 valence electrons. The van der Waals surface area contributed by atoms with Crippen LogP contribution in [0.4, 0.5) is 11.4 Å². The van der Waals surface area contributed by atoms with Gasteiger partial charge in [0.15, 0.2) is 0 Å². The van der Waals surface area contributed by atoms with Crippen LogP contribution < -0.4 is 0 Å². The SMILES string of the molecule is CC(=Nc1c(C(C)C)cccc1C(C)C)N1CCCN(C(C)=Nc2c(C(C)C)cccc2C(C)C)[C]1=[Fe]. The zero-order valence-electron chi connectivity index (χ0n) is 24.5. The number of benzene rings is 2. The van der Waals surface area contributed by atoms with E-state index in [9.17, 15) is 0 Å². The van der Waals surface area contributed by atoms with Crippen LogP contribution in [0.5, 0.6) is 0 Å². The Balaban J connectivity index is 2.00. The van der Waals surface area contributed by atoms with Crippen molar-refractivity contribution in [2.45, 2.75) is 99.3 Å². The summed E-state index contributed by atoms with van der Waals surface area (Å²) < 4.78 is 0.954. The second-order valence-electron chi connectivity index (χ2n) is 11.4. The first-order chi connectivity index (χ1) is 17.4. The molecular weight excluding hydrogens is 496 g/mol. The van der Waals surface area contributed by atoms with E-state index in [1.807, 2.05) is 0 Å². The first-order valence-corrected chi connectivity index (χ1v) is 14.4. The summed E-state index contributed by atoms with van der Waals surface area (Å²) in [6, 6.07) is 13.2. The number of hydrogen-bond acceptors (Lipinski definition) is 2. The van der Waals surface area contributed by atoms with Crippen molar-refractivity contribution >= 4 is 27.7 Å². The molecule has 2 aromatic rings. The normalized spacial score (nSPS) is 15.7. The molecule has 1 aliphatic heterocycles. The van der Waals surface area contributed by atoms with Gasteiger partial charge >= 0.3 is 234 Å². The van der Waals surface area contributed by atoms with Gasteiger partial charge in [-0.15, -0.1) is 0 Å². The molecule has 0 spiro atoms. The number of hydrogen-bond donors (Lipinski definition) is 0. The fourth-order valence-corrected chi connectivity index (χ4v) is 5.62. The molecular formula is C32H46FeN4. The topological polar surface area (TPSA) is 31.2 Å². The third-order valence-corrected chi connectivity index (χ3v) is 7.81. The van der Waals surface area contributed by atoms with Gasteiger partial charge in [0.05, 0.1) is 0 Å². The molecule has 0 radical (unpaired) electrons. The summed E-state index contributed by atoms with van der Waals surface area (Å²) in [7, 11) is 0. The van der Waals surface area contributed by atoms with Crippen LogP contribution in [0.2, 0.25) is 0 Å². The third-order valence-electron chi connectivity index (χ3n) is 7.21. The van der Waals surface area contributed by atoms with Gasteiger partial charge in [-0.05, 0) is 0 Å². The number of nitrogens with zero attached hydrogens (tertiary/aromatic N) is 4. The average molecular weight is 543 g/mol. The summed E-state index contributed by atoms with van der Waals surface area (Å²) in [6.07, 6.45) is 1.03. The Labute approximate surface area is 233 Å². The van der Waals surface area contributed by atoms with Gasteiger partial charge in [0.25, 0.3) is 0 Å². The fourth-order valence-electron chi connectivity index (χ4n) is 5.02. The molecule has 5 heteroatoms. The zero-order chi connectivity index (χ0) is 27.4. The van der Waals surface area contributed by atoms with Gasteiger partial charge in [-0.3, -0.25) is 0 Å². The zero-order valence-corrected chi connectivity index (χ0v) is 25.6. The van der Waals surface area contributed by atoms with Gasteiger partial charge in [-0.1, -0.05) is 0 Å². The van der Waals surface area contributed by atoms with Crippen molar-refractivity contribution in [2.24, 2.45) is 9.98 Å². The van der Waals surface area contributed by atoms with Crippen LogP contribution in [0.3, 0.4) is 0 Å². The van der Waals surface area contributed by atoms with Crippen LogP contribution in [-0.2, 0) is 15.6 Å². The molecule has 0 saturated carbocycles. The molecule has 0 N–H and O–H groups in total. The third kappa shape index (κ3) is 6.62. The Hall–Kier alpha value is -2.23. The summed E-state index contributed by atoms with van der Waals surface area (Å²) in [6.45, 7) is 24.0. The van der Waals surface area contributed by atoms with E-state index in [1.54, 1.807) is 0 Å². The summed E-state index contributed by atoms with van der Waals surface area (Å²) in [5.74, 6) is 3.63. The maximum absolute atomic E-state index is 5.24. The summed E-state index contributed by atoms with van der Waals surface area (Å²) in [4.78, 5) is 15.0.